The Bertz CT molecular complexity index is 954. The second-order valence-electron chi connectivity index (χ2n) is 18.3. The Morgan fingerprint density at radius 2 is 0.650 bits per heavy atom. The molecule has 0 spiro atoms. The first kappa shape index (κ1) is 58.4. The Morgan fingerprint density at radius 1 is 0.383 bits per heavy atom. The summed E-state index contributed by atoms with van der Waals surface area (Å²) in [4.78, 5) is 12.4. The van der Waals surface area contributed by atoms with Gasteiger partial charge in [0, 0.05) is 6.42 Å². The molecule has 2 unspecified atom stereocenters. The molecular weight excluding hydrogens is 735 g/mol. The molecule has 0 fully saturated rings. The molecule has 0 aliphatic heterocycles. The number of aliphatic hydroxyl groups excluding tert-OH is 2. The van der Waals surface area contributed by atoms with Gasteiger partial charge in [-0.05, 0) is 70.6 Å². The van der Waals surface area contributed by atoms with E-state index in [1.165, 1.54) is 225 Å². The summed E-state index contributed by atoms with van der Waals surface area (Å²) in [6.45, 7) is 4.32. The molecule has 1 amide bonds. The van der Waals surface area contributed by atoms with E-state index in [-0.39, 0.29) is 12.5 Å². The SMILES string of the molecule is CCCCCCCCCCCCCC/C=C\CCCCCCCCCCCC(=O)NC(CO)C(O)/C=C/CC/C=C/CC/C=C/CCCCCCCCCCCCCCC. The van der Waals surface area contributed by atoms with E-state index in [1.54, 1.807) is 6.08 Å². The van der Waals surface area contributed by atoms with Gasteiger partial charge >= 0.3 is 0 Å². The van der Waals surface area contributed by atoms with E-state index in [9.17, 15) is 15.0 Å². The fourth-order valence-electron chi connectivity index (χ4n) is 8.15. The van der Waals surface area contributed by atoms with Crippen molar-refractivity contribution in [2.75, 3.05) is 6.61 Å². The zero-order valence-electron chi connectivity index (χ0n) is 40.5. The van der Waals surface area contributed by atoms with Gasteiger partial charge in [-0.3, -0.25) is 4.79 Å². The number of rotatable bonds is 49. The van der Waals surface area contributed by atoms with Gasteiger partial charge in [0.05, 0.1) is 18.8 Å². The first-order chi connectivity index (χ1) is 29.7. The Hall–Kier alpha value is -1.65. The molecule has 3 N–H and O–H groups in total. The third-order valence-corrected chi connectivity index (χ3v) is 12.3. The number of nitrogens with one attached hydrogen (secondary N) is 1. The summed E-state index contributed by atoms with van der Waals surface area (Å²) in [7, 11) is 0. The van der Waals surface area contributed by atoms with Gasteiger partial charge < -0.3 is 15.5 Å². The Balaban J connectivity index is 3.57. The molecule has 4 nitrogen and oxygen atoms in total. The predicted molar refractivity (Wildman–Crippen MR) is 267 cm³/mol. The molecule has 0 bridgehead atoms. The normalized spacial score (nSPS) is 13.2. The van der Waals surface area contributed by atoms with Crippen LogP contribution in [0, 0.1) is 0 Å². The van der Waals surface area contributed by atoms with Crippen LogP contribution in [0.25, 0.3) is 0 Å². The van der Waals surface area contributed by atoms with Crippen LogP contribution in [0.4, 0.5) is 0 Å². The lowest BCUT2D eigenvalue weighted by atomic mass is 10.0. The van der Waals surface area contributed by atoms with Crippen molar-refractivity contribution in [2.45, 2.75) is 296 Å². The van der Waals surface area contributed by atoms with Crippen LogP contribution in [0.1, 0.15) is 284 Å². The minimum atomic E-state index is -0.872. The fraction of sp³-hybridized carbons (Fsp3) is 0.839. The number of carbonyl (C=O) groups is 1. The molecule has 0 aromatic rings. The standard InChI is InChI=1S/C56H105NO3/c1-3-5-7-9-11-13-15-17-19-21-23-25-27-28-30-32-34-36-38-40-42-44-46-48-50-52-56(60)57-54(53-58)55(59)51-49-47-45-43-41-39-37-35-33-31-29-26-24-22-20-18-16-14-12-10-8-6-4-2/h28,30,33,35,41,43,49,51,54-55,58-59H,3-27,29,31-32,34,36-40,42,44-48,50,52-53H2,1-2H3,(H,57,60)/b30-28-,35-33+,43-41+,51-49+. The number of hydrogen-bond acceptors (Lipinski definition) is 3. The van der Waals surface area contributed by atoms with Crippen LogP contribution >= 0.6 is 0 Å². The van der Waals surface area contributed by atoms with Crippen LogP contribution in [0.15, 0.2) is 48.6 Å². The number of carbonyl (C=O) groups excluding carboxylic acids is 1. The van der Waals surface area contributed by atoms with Crippen molar-refractivity contribution in [3.63, 3.8) is 0 Å². The maximum absolute atomic E-state index is 12.4. The Labute approximate surface area is 375 Å². The summed E-state index contributed by atoms with van der Waals surface area (Å²) in [6.07, 6.45) is 71.2. The van der Waals surface area contributed by atoms with Crippen molar-refractivity contribution >= 4 is 5.91 Å². The molecule has 0 radical (unpaired) electrons. The van der Waals surface area contributed by atoms with E-state index in [4.69, 9.17) is 0 Å². The maximum Gasteiger partial charge on any atom is 0.220 e. The number of amides is 1. The van der Waals surface area contributed by atoms with Gasteiger partial charge in [0.1, 0.15) is 0 Å². The highest BCUT2D eigenvalue weighted by atomic mass is 16.3. The molecule has 0 aliphatic rings. The van der Waals surface area contributed by atoms with Gasteiger partial charge in [0.15, 0.2) is 0 Å². The first-order valence-corrected chi connectivity index (χ1v) is 26.9. The zero-order valence-corrected chi connectivity index (χ0v) is 40.5. The minimum absolute atomic E-state index is 0.0778. The molecule has 0 aromatic heterocycles. The molecule has 0 heterocycles. The van der Waals surface area contributed by atoms with Gasteiger partial charge in [0.25, 0.3) is 0 Å². The van der Waals surface area contributed by atoms with E-state index >= 15 is 0 Å². The fourth-order valence-corrected chi connectivity index (χ4v) is 8.15. The van der Waals surface area contributed by atoms with E-state index < -0.39 is 12.1 Å². The molecule has 2 atom stereocenters. The molecule has 0 rings (SSSR count). The summed E-state index contributed by atoms with van der Waals surface area (Å²) in [5.74, 6) is -0.0778. The molecule has 0 aromatic carbocycles. The van der Waals surface area contributed by atoms with Crippen molar-refractivity contribution in [3.8, 4) is 0 Å². The van der Waals surface area contributed by atoms with Crippen molar-refractivity contribution < 1.29 is 15.0 Å². The number of allylic oxidation sites excluding steroid dienone is 7. The summed E-state index contributed by atoms with van der Waals surface area (Å²) >= 11 is 0. The second-order valence-corrected chi connectivity index (χ2v) is 18.3. The Morgan fingerprint density at radius 3 is 0.967 bits per heavy atom. The quantitative estimate of drug-likeness (QED) is 0.0422. The highest BCUT2D eigenvalue weighted by Gasteiger charge is 2.17. The average molecular weight is 840 g/mol. The van der Waals surface area contributed by atoms with E-state index in [2.05, 4.69) is 55.6 Å². The lowest BCUT2D eigenvalue weighted by Gasteiger charge is -2.19. The largest absolute Gasteiger partial charge is 0.394 e. The molecule has 60 heavy (non-hydrogen) atoms. The topological polar surface area (TPSA) is 69.6 Å². The van der Waals surface area contributed by atoms with Crippen molar-refractivity contribution in [3.05, 3.63) is 48.6 Å². The number of unbranched alkanes of at least 4 members (excludes halogenated alkanes) is 36. The summed E-state index contributed by atoms with van der Waals surface area (Å²) in [5, 5.41) is 23.1. The van der Waals surface area contributed by atoms with Crippen LogP contribution in [0.2, 0.25) is 0 Å². The lowest BCUT2D eigenvalue weighted by molar-refractivity contribution is -0.123. The summed E-state index contributed by atoms with van der Waals surface area (Å²) < 4.78 is 0. The minimum Gasteiger partial charge on any atom is -0.394 e. The summed E-state index contributed by atoms with van der Waals surface area (Å²) in [6, 6.07) is -0.648. The lowest BCUT2D eigenvalue weighted by Crippen LogP contribution is -2.45. The molecule has 4 heteroatoms. The van der Waals surface area contributed by atoms with Crippen LogP contribution in [0.5, 0.6) is 0 Å². The third-order valence-electron chi connectivity index (χ3n) is 12.3. The van der Waals surface area contributed by atoms with Gasteiger partial charge in [-0.15, -0.1) is 0 Å². The maximum atomic E-state index is 12.4. The average Bonchev–Trinajstić information content (AvgIpc) is 3.25. The van der Waals surface area contributed by atoms with Gasteiger partial charge in [0.2, 0.25) is 5.91 Å². The molecule has 0 aliphatic carbocycles. The van der Waals surface area contributed by atoms with E-state index in [1.807, 2.05) is 6.08 Å². The highest BCUT2D eigenvalue weighted by Crippen LogP contribution is 2.16. The predicted octanol–water partition coefficient (Wildman–Crippen LogP) is 17.5. The second kappa shape index (κ2) is 51.7. The smallest absolute Gasteiger partial charge is 0.220 e. The number of aliphatic hydroxyl groups is 2. The van der Waals surface area contributed by atoms with Gasteiger partial charge in [-0.25, -0.2) is 0 Å². The third kappa shape index (κ3) is 47.4. The number of hydrogen-bond donors (Lipinski definition) is 3. The first-order valence-electron chi connectivity index (χ1n) is 26.9. The van der Waals surface area contributed by atoms with Crippen molar-refractivity contribution in [1.29, 1.82) is 0 Å². The van der Waals surface area contributed by atoms with E-state index in [0.29, 0.717) is 6.42 Å². The van der Waals surface area contributed by atoms with E-state index in [0.717, 1.165) is 38.5 Å². The van der Waals surface area contributed by atoms with Gasteiger partial charge in [-0.1, -0.05) is 255 Å². The highest BCUT2D eigenvalue weighted by molar-refractivity contribution is 5.76. The van der Waals surface area contributed by atoms with Crippen LogP contribution in [-0.2, 0) is 4.79 Å². The van der Waals surface area contributed by atoms with Crippen molar-refractivity contribution in [1.82, 2.24) is 5.32 Å². The monoisotopic (exact) mass is 840 g/mol. The summed E-state index contributed by atoms with van der Waals surface area (Å²) in [5.41, 5.74) is 0. The Kier molecular flexibility index (Phi) is 50.3. The molecule has 352 valence electrons. The van der Waals surface area contributed by atoms with Crippen LogP contribution < -0.4 is 5.32 Å². The van der Waals surface area contributed by atoms with Gasteiger partial charge in [-0.2, -0.15) is 0 Å². The van der Waals surface area contributed by atoms with Crippen molar-refractivity contribution in [2.24, 2.45) is 0 Å². The zero-order chi connectivity index (χ0) is 43.5. The van der Waals surface area contributed by atoms with Crippen LogP contribution in [0.3, 0.4) is 0 Å². The van der Waals surface area contributed by atoms with Crippen LogP contribution in [-0.4, -0.2) is 34.9 Å². The molecule has 0 saturated carbocycles. The molecule has 0 saturated heterocycles. The molecular formula is C56H105NO3.